The van der Waals surface area contributed by atoms with Gasteiger partial charge >= 0.3 is 0 Å². The summed E-state index contributed by atoms with van der Waals surface area (Å²) in [7, 11) is 1.69. The Labute approximate surface area is 118 Å². The molecular weight excluding hydrogens is 260 g/mol. The summed E-state index contributed by atoms with van der Waals surface area (Å²) in [5, 5.41) is 0.529. The van der Waals surface area contributed by atoms with Crippen LogP contribution in [0.3, 0.4) is 0 Å². The van der Waals surface area contributed by atoms with E-state index >= 15 is 0 Å². The first-order chi connectivity index (χ1) is 9.22. The monoisotopic (exact) mass is 276 g/mol. The summed E-state index contributed by atoms with van der Waals surface area (Å²) in [6.07, 6.45) is 1.66. The van der Waals surface area contributed by atoms with Crippen LogP contribution >= 0.6 is 11.6 Å². The molecule has 0 spiro atoms. The molecule has 0 N–H and O–H groups in total. The van der Waals surface area contributed by atoms with E-state index in [9.17, 15) is 0 Å². The summed E-state index contributed by atoms with van der Waals surface area (Å²) >= 11 is 6.20. The SMILES string of the molecule is COCCCc1nc(Cl)c(C)c(-c2ccccc2)n1. The van der Waals surface area contributed by atoms with Gasteiger partial charge in [-0.25, -0.2) is 9.97 Å². The highest BCUT2D eigenvalue weighted by Crippen LogP contribution is 2.25. The second-order valence-electron chi connectivity index (χ2n) is 4.37. The van der Waals surface area contributed by atoms with Crippen molar-refractivity contribution in [2.24, 2.45) is 0 Å². The summed E-state index contributed by atoms with van der Waals surface area (Å²) in [6, 6.07) is 10.0. The van der Waals surface area contributed by atoms with Gasteiger partial charge < -0.3 is 4.74 Å². The fourth-order valence-corrected chi connectivity index (χ4v) is 2.08. The molecule has 0 aliphatic carbocycles. The van der Waals surface area contributed by atoms with E-state index in [1.54, 1.807) is 7.11 Å². The van der Waals surface area contributed by atoms with Gasteiger partial charge in [0.15, 0.2) is 0 Å². The number of halogens is 1. The standard InChI is InChI=1S/C15H17ClN2O/c1-11-14(12-7-4-3-5-8-12)17-13(18-15(11)16)9-6-10-19-2/h3-5,7-8H,6,9-10H2,1-2H3. The molecule has 4 heteroatoms. The van der Waals surface area contributed by atoms with E-state index in [2.05, 4.69) is 9.97 Å². The molecule has 100 valence electrons. The molecule has 2 aromatic rings. The third kappa shape index (κ3) is 3.52. The Morgan fingerprint density at radius 1 is 1.16 bits per heavy atom. The van der Waals surface area contributed by atoms with E-state index in [1.807, 2.05) is 37.3 Å². The number of aromatic nitrogens is 2. The minimum absolute atomic E-state index is 0.529. The van der Waals surface area contributed by atoms with Crippen LogP contribution in [-0.2, 0) is 11.2 Å². The molecule has 1 aromatic carbocycles. The van der Waals surface area contributed by atoms with Crippen molar-refractivity contribution in [2.45, 2.75) is 19.8 Å². The second-order valence-corrected chi connectivity index (χ2v) is 4.72. The Kier molecular flexibility index (Phi) is 4.88. The second kappa shape index (κ2) is 6.64. The van der Waals surface area contributed by atoms with E-state index < -0.39 is 0 Å². The zero-order valence-electron chi connectivity index (χ0n) is 11.2. The first-order valence-electron chi connectivity index (χ1n) is 6.29. The number of benzene rings is 1. The molecule has 0 unspecified atom stereocenters. The van der Waals surface area contributed by atoms with Crippen molar-refractivity contribution in [3.05, 3.63) is 46.9 Å². The summed E-state index contributed by atoms with van der Waals surface area (Å²) in [6.45, 7) is 2.65. The van der Waals surface area contributed by atoms with Crippen molar-refractivity contribution in [2.75, 3.05) is 13.7 Å². The Morgan fingerprint density at radius 2 is 1.89 bits per heavy atom. The number of ether oxygens (including phenoxy) is 1. The molecule has 0 radical (unpaired) electrons. The molecule has 0 aliphatic rings. The lowest BCUT2D eigenvalue weighted by Gasteiger charge is -2.09. The Hall–Kier alpha value is -1.45. The van der Waals surface area contributed by atoms with Gasteiger partial charge in [-0.2, -0.15) is 0 Å². The highest BCUT2D eigenvalue weighted by atomic mass is 35.5. The fourth-order valence-electron chi connectivity index (χ4n) is 1.90. The third-order valence-electron chi connectivity index (χ3n) is 2.93. The smallest absolute Gasteiger partial charge is 0.136 e. The van der Waals surface area contributed by atoms with Gasteiger partial charge in [-0.05, 0) is 13.3 Å². The van der Waals surface area contributed by atoms with Gasteiger partial charge in [-0.15, -0.1) is 0 Å². The van der Waals surface area contributed by atoms with Crippen LogP contribution < -0.4 is 0 Å². The normalized spacial score (nSPS) is 10.7. The maximum Gasteiger partial charge on any atom is 0.136 e. The van der Waals surface area contributed by atoms with E-state index in [0.717, 1.165) is 35.5 Å². The lowest BCUT2D eigenvalue weighted by atomic mass is 10.1. The van der Waals surface area contributed by atoms with Crippen molar-refractivity contribution in [3.8, 4) is 11.3 Å². The van der Waals surface area contributed by atoms with Crippen LogP contribution in [0.1, 0.15) is 17.8 Å². The molecular formula is C15H17ClN2O. The van der Waals surface area contributed by atoms with Crippen LogP contribution in [0.15, 0.2) is 30.3 Å². The number of hydrogen-bond donors (Lipinski definition) is 0. The molecule has 2 rings (SSSR count). The summed E-state index contributed by atoms with van der Waals surface area (Å²) in [4.78, 5) is 8.95. The summed E-state index contributed by atoms with van der Waals surface area (Å²) in [5.41, 5.74) is 2.90. The van der Waals surface area contributed by atoms with Crippen molar-refractivity contribution in [3.63, 3.8) is 0 Å². The van der Waals surface area contributed by atoms with Crippen LogP contribution in [0.2, 0.25) is 5.15 Å². The van der Waals surface area contributed by atoms with Gasteiger partial charge in [0, 0.05) is 31.3 Å². The van der Waals surface area contributed by atoms with Crippen LogP contribution in [0.25, 0.3) is 11.3 Å². The minimum atomic E-state index is 0.529. The number of aryl methyl sites for hydroxylation is 1. The molecule has 1 aromatic heterocycles. The van der Waals surface area contributed by atoms with Crippen LogP contribution in [-0.4, -0.2) is 23.7 Å². The zero-order chi connectivity index (χ0) is 13.7. The molecule has 0 aliphatic heterocycles. The van der Waals surface area contributed by atoms with Crippen molar-refractivity contribution in [1.29, 1.82) is 0 Å². The lowest BCUT2D eigenvalue weighted by molar-refractivity contribution is 0.194. The molecule has 0 atom stereocenters. The van der Waals surface area contributed by atoms with E-state index in [4.69, 9.17) is 16.3 Å². The molecule has 0 amide bonds. The number of rotatable bonds is 5. The van der Waals surface area contributed by atoms with Crippen LogP contribution in [0.4, 0.5) is 0 Å². The van der Waals surface area contributed by atoms with Gasteiger partial charge in [0.05, 0.1) is 5.69 Å². The van der Waals surface area contributed by atoms with E-state index in [1.165, 1.54) is 0 Å². The van der Waals surface area contributed by atoms with Gasteiger partial charge in [-0.1, -0.05) is 41.9 Å². The zero-order valence-corrected chi connectivity index (χ0v) is 11.9. The highest BCUT2D eigenvalue weighted by Gasteiger charge is 2.10. The molecule has 0 fully saturated rings. The number of methoxy groups -OCH3 is 1. The van der Waals surface area contributed by atoms with Crippen molar-refractivity contribution >= 4 is 11.6 Å². The molecule has 0 saturated heterocycles. The number of nitrogens with zero attached hydrogens (tertiary/aromatic N) is 2. The maximum absolute atomic E-state index is 6.20. The summed E-state index contributed by atoms with van der Waals surface area (Å²) in [5.74, 6) is 0.770. The first-order valence-corrected chi connectivity index (χ1v) is 6.67. The molecule has 0 bridgehead atoms. The van der Waals surface area contributed by atoms with Gasteiger partial charge in [-0.3, -0.25) is 0 Å². The largest absolute Gasteiger partial charge is 0.385 e. The Bertz CT molecular complexity index is 543. The van der Waals surface area contributed by atoms with Crippen LogP contribution in [0.5, 0.6) is 0 Å². The average molecular weight is 277 g/mol. The van der Waals surface area contributed by atoms with Gasteiger partial charge in [0.1, 0.15) is 11.0 Å². The molecule has 1 heterocycles. The minimum Gasteiger partial charge on any atom is -0.385 e. The van der Waals surface area contributed by atoms with Crippen molar-refractivity contribution < 1.29 is 4.74 Å². The van der Waals surface area contributed by atoms with Crippen molar-refractivity contribution in [1.82, 2.24) is 9.97 Å². The van der Waals surface area contributed by atoms with Gasteiger partial charge in [0.25, 0.3) is 0 Å². The van der Waals surface area contributed by atoms with E-state index in [-0.39, 0.29) is 0 Å². The molecule has 3 nitrogen and oxygen atoms in total. The number of hydrogen-bond acceptors (Lipinski definition) is 3. The van der Waals surface area contributed by atoms with Gasteiger partial charge in [0.2, 0.25) is 0 Å². The summed E-state index contributed by atoms with van der Waals surface area (Å²) < 4.78 is 5.04. The lowest BCUT2D eigenvalue weighted by Crippen LogP contribution is -2.02. The topological polar surface area (TPSA) is 35.0 Å². The quantitative estimate of drug-likeness (QED) is 0.617. The third-order valence-corrected chi connectivity index (χ3v) is 3.30. The fraction of sp³-hybridized carbons (Fsp3) is 0.333. The predicted molar refractivity (Wildman–Crippen MR) is 77.4 cm³/mol. The Morgan fingerprint density at radius 3 is 2.58 bits per heavy atom. The molecule has 19 heavy (non-hydrogen) atoms. The Balaban J connectivity index is 2.32. The maximum atomic E-state index is 6.20. The van der Waals surface area contributed by atoms with E-state index in [0.29, 0.717) is 11.8 Å². The predicted octanol–water partition coefficient (Wildman–Crippen LogP) is 3.68. The molecule has 0 saturated carbocycles. The highest BCUT2D eigenvalue weighted by molar-refractivity contribution is 6.30. The van der Waals surface area contributed by atoms with Crippen LogP contribution in [0, 0.1) is 6.92 Å². The first kappa shape index (κ1) is 14.0. The average Bonchev–Trinajstić information content (AvgIpc) is 2.44.